The first kappa shape index (κ1) is 18.6. The highest BCUT2D eigenvalue weighted by atomic mass is 16.1. The topological polar surface area (TPSA) is 86.5 Å². The van der Waals surface area contributed by atoms with Crippen molar-refractivity contribution in [1.82, 2.24) is 20.2 Å². The number of aromatic amines is 2. The second-order valence-electron chi connectivity index (χ2n) is 8.10. The molecule has 6 nitrogen and oxygen atoms in total. The number of fused-ring (bicyclic) bond motifs is 2. The summed E-state index contributed by atoms with van der Waals surface area (Å²) >= 11 is 0. The van der Waals surface area contributed by atoms with Gasteiger partial charge in [-0.3, -0.25) is 9.89 Å². The Morgan fingerprint density at radius 2 is 2.00 bits per heavy atom. The van der Waals surface area contributed by atoms with Crippen LogP contribution >= 0.6 is 0 Å². The van der Waals surface area contributed by atoms with E-state index in [4.69, 9.17) is 0 Å². The van der Waals surface area contributed by atoms with Crippen LogP contribution in [0.15, 0.2) is 42.5 Å². The van der Waals surface area contributed by atoms with Crippen LogP contribution in [-0.4, -0.2) is 26.1 Å². The van der Waals surface area contributed by atoms with E-state index in [2.05, 4.69) is 56.7 Å². The van der Waals surface area contributed by atoms with Gasteiger partial charge in [0.1, 0.15) is 5.82 Å². The van der Waals surface area contributed by atoms with Crippen LogP contribution < -0.4 is 5.32 Å². The van der Waals surface area contributed by atoms with Crippen LogP contribution in [0.1, 0.15) is 51.5 Å². The normalized spacial score (nSPS) is 13.4. The minimum Gasteiger partial charge on any atom is -0.342 e. The van der Waals surface area contributed by atoms with Gasteiger partial charge in [0.05, 0.1) is 11.0 Å². The van der Waals surface area contributed by atoms with E-state index in [0.717, 1.165) is 77.9 Å². The Morgan fingerprint density at radius 3 is 2.93 bits per heavy atom. The van der Waals surface area contributed by atoms with Crippen LogP contribution in [0.2, 0.25) is 0 Å². The Bertz CT molecular complexity index is 1220. The summed E-state index contributed by atoms with van der Waals surface area (Å²) in [5, 5.41) is 10.3. The molecule has 2 aromatic heterocycles. The average molecular weight is 399 g/mol. The van der Waals surface area contributed by atoms with Gasteiger partial charge in [-0.25, -0.2) is 4.98 Å². The molecule has 0 saturated carbocycles. The van der Waals surface area contributed by atoms with E-state index in [9.17, 15) is 4.79 Å². The van der Waals surface area contributed by atoms with Crippen LogP contribution in [0.4, 0.5) is 5.69 Å². The highest BCUT2D eigenvalue weighted by Gasteiger charge is 2.21. The maximum Gasteiger partial charge on any atom is 0.276 e. The van der Waals surface area contributed by atoms with Gasteiger partial charge in [0.2, 0.25) is 0 Å². The third-order valence-corrected chi connectivity index (χ3v) is 5.79. The lowest BCUT2D eigenvalue weighted by atomic mass is 9.96. The summed E-state index contributed by atoms with van der Waals surface area (Å²) in [4.78, 5) is 20.8. The summed E-state index contributed by atoms with van der Waals surface area (Å²) in [6.07, 6.45) is 5.84. The van der Waals surface area contributed by atoms with E-state index in [1.165, 1.54) is 5.56 Å². The number of aryl methyl sites for hydroxylation is 4. The highest BCUT2D eigenvalue weighted by Crippen LogP contribution is 2.23. The Morgan fingerprint density at radius 1 is 1.10 bits per heavy atom. The lowest BCUT2D eigenvalue weighted by Gasteiger charge is -2.11. The molecule has 4 aromatic rings. The van der Waals surface area contributed by atoms with Crippen molar-refractivity contribution in [2.45, 2.75) is 45.4 Å². The van der Waals surface area contributed by atoms with Crippen LogP contribution in [0.25, 0.3) is 11.0 Å². The molecule has 1 aliphatic carbocycles. The zero-order valence-electron chi connectivity index (χ0n) is 17.1. The zero-order valence-corrected chi connectivity index (χ0v) is 17.1. The second kappa shape index (κ2) is 7.78. The quantitative estimate of drug-likeness (QED) is 0.461. The molecule has 0 unspecified atom stereocenters. The number of hydrogen-bond acceptors (Lipinski definition) is 3. The third-order valence-electron chi connectivity index (χ3n) is 5.79. The van der Waals surface area contributed by atoms with Gasteiger partial charge < -0.3 is 10.3 Å². The van der Waals surface area contributed by atoms with E-state index in [1.807, 2.05) is 18.2 Å². The molecule has 1 aliphatic rings. The fourth-order valence-electron chi connectivity index (χ4n) is 4.22. The molecule has 0 aliphatic heterocycles. The first-order chi connectivity index (χ1) is 14.7. The number of anilines is 1. The first-order valence-electron chi connectivity index (χ1n) is 10.6. The van der Waals surface area contributed by atoms with Gasteiger partial charge in [0.25, 0.3) is 5.91 Å². The van der Waals surface area contributed by atoms with Crippen molar-refractivity contribution < 1.29 is 4.79 Å². The highest BCUT2D eigenvalue weighted by molar-refractivity contribution is 6.04. The number of aromatic nitrogens is 4. The van der Waals surface area contributed by atoms with Crippen molar-refractivity contribution in [3.63, 3.8) is 0 Å². The molecule has 2 heterocycles. The van der Waals surface area contributed by atoms with Gasteiger partial charge in [-0.15, -0.1) is 0 Å². The number of H-pyrrole nitrogens is 2. The average Bonchev–Trinajstić information content (AvgIpc) is 3.36. The van der Waals surface area contributed by atoms with Crippen molar-refractivity contribution >= 4 is 22.6 Å². The van der Waals surface area contributed by atoms with Crippen LogP contribution in [0.3, 0.4) is 0 Å². The molecular formula is C24H25N5O. The molecule has 0 bridgehead atoms. The summed E-state index contributed by atoms with van der Waals surface area (Å²) in [6.45, 7) is 2.08. The predicted octanol–water partition coefficient (Wildman–Crippen LogP) is 4.51. The Balaban J connectivity index is 1.27. The molecule has 0 fully saturated rings. The molecule has 6 heteroatoms. The lowest BCUT2D eigenvalue weighted by molar-refractivity contribution is 0.102. The number of nitrogens with one attached hydrogen (secondary N) is 3. The molecule has 5 rings (SSSR count). The van der Waals surface area contributed by atoms with Crippen molar-refractivity contribution in [2.75, 3.05) is 5.32 Å². The second-order valence-corrected chi connectivity index (χ2v) is 8.10. The van der Waals surface area contributed by atoms with Crippen LogP contribution in [0.5, 0.6) is 0 Å². The summed E-state index contributed by atoms with van der Waals surface area (Å²) in [6, 6.07) is 14.3. The molecule has 0 saturated heterocycles. The van der Waals surface area contributed by atoms with Crippen LogP contribution in [0, 0.1) is 6.92 Å². The molecule has 0 spiro atoms. The van der Waals surface area contributed by atoms with E-state index in [-0.39, 0.29) is 5.91 Å². The number of rotatable bonds is 5. The zero-order chi connectivity index (χ0) is 20.5. The molecule has 0 atom stereocenters. The predicted molar refractivity (Wildman–Crippen MR) is 118 cm³/mol. The third kappa shape index (κ3) is 3.73. The number of carbonyl (C=O) groups is 1. The smallest absolute Gasteiger partial charge is 0.276 e. The van der Waals surface area contributed by atoms with Gasteiger partial charge in [0.15, 0.2) is 5.69 Å². The number of amides is 1. The van der Waals surface area contributed by atoms with Gasteiger partial charge >= 0.3 is 0 Å². The van der Waals surface area contributed by atoms with Crippen molar-refractivity contribution in [3.8, 4) is 0 Å². The Kier molecular flexibility index (Phi) is 4.83. The molecule has 2 aromatic carbocycles. The maximum absolute atomic E-state index is 12.8. The summed E-state index contributed by atoms with van der Waals surface area (Å²) < 4.78 is 0. The molecule has 1 amide bonds. The fraction of sp³-hybridized carbons (Fsp3) is 0.292. The first-order valence-corrected chi connectivity index (χ1v) is 10.6. The van der Waals surface area contributed by atoms with E-state index < -0.39 is 0 Å². The number of carbonyl (C=O) groups excluding carboxylic acids is 1. The van der Waals surface area contributed by atoms with Crippen molar-refractivity contribution in [2.24, 2.45) is 0 Å². The number of nitrogens with zero attached hydrogens (tertiary/aromatic N) is 2. The summed E-state index contributed by atoms with van der Waals surface area (Å²) in [5.74, 6) is 0.840. The maximum atomic E-state index is 12.8. The molecule has 3 N–H and O–H groups in total. The summed E-state index contributed by atoms with van der Waals surface area (Å²) in [7, 11) is 0. The Hall–Kier alpha value is -3.41. The number of benzene rings is 2. The minimum absolute atomic E-state index is 0.140. The minimum atomic E-state index is -0.140. The standard InChI is InChI=1S/C24H25N5O/c1-15-9-11-20-21(13-15)27-22(26-20)12-10-16-5-4-6-17(14-16)25-24(30)23-18-7-2-3-8-19(18)28-29-23/h4-6,9,11,13-14H,2-3,7-8,10,12H2,1H3,(H,25,30)(H,26,27)(H,28,29). The van der Waals surface area contributed by atoms with E-state index in [0.29, 0.717) is 5.69 Å². The van der Waals surface area contributed by atoms with Gasteiger partial charge in [-0.05, 0) is 74.4 Å². The van der Waals surface area contributed by atoms with Gasteiger partial charge in [-0.1, -0.05) is 18.2 Å². The monoisotopic (exact) mass is 399 g/mol. The van der Waals surface area contributed by atoms with Gasteiger partial charge in [0, 0.05) is 23.4 Å². The van der Waals surface area contributed by atoms with Crippen molar-refractivity contribution in [3.05, 3.63) is 76.4 Å². The van der Waals surface area contributed by atoms with E-state index >= 15 is 0 Å². The lowest BCUT2D eigenvalue weighted by Crippen LogP contribution is -2.15. The summed E-state index contributed by atoms with van der Waals surface area (Å²) in [5.41, 5.74) is 7.98. The SMILES string of the molecule is Cc1ccc2nc(CCc3cccc(NC(=O)c4n[nH]c5c4CCCC5)c3)[nH]c2c1. The number of hydrogen-bond donors (Lipinski definition) is 3. The fourth-order valence-corrected chi connectivity index (χ4v) is 4.22. The Labute approximate surface area is 175 Å². The molecule has 0 radical (unpaired) electrons. The van der Waals surface area contributed by atoms with Crippen molar-refractivity contribution in [1.29, 1.82) is 0 Å². The molecular weight excluding hydrogens is 374 g/mol. The number of imidazole rings is 1. The van der Waals surface area contributed by atoms with Gasteiger partial charge in [-0.2, -0.15) is 5.10 Å². The van der Waals surface area contributed by atoms with Crippen LogP contribution in [-0.2, 0) is 25.7 Å². The largest absolute Gasteiger partial charge is 0.342 e. The van der Waals surface area contributed by atoms with E-state index in [1.54, 1.807) is 0 Å². The molecule has 30 heavy (non-hydrogen) atoms. The molecule has 152 valence electrons.